The van der Waals surface area contributed by atoms with Gasteiger partial charge in [-0.15, -0.1) is 0 Å². The molecule has 1 N–H and O–H groups in total. The number of nitrogens with one attached hydrogen (secondary N) is 1. The van der Waals surface area contributed by atoms with E-state index in [1.165, 1.54) is 17.4 Å². The summed E-state index contributed by atoms with van der Waals surface area (Å²) >= 11 is 0. The second kappa shape index (κ2) is 7.90. The van der Waals surface area contributed by atoms with Crippen LogP contribution >= 0.6 is 0 Å². The first-order chi connectivity index (χ1) is 10.4. The highest BCUT2D eigenvalue weighted by atomic mass is 32.2. The summed E-state index contributed by atoms with van der Waals surface area (Å²) in [6, 6.07) is 10.3. The van der Waals surface area contributed by atoms with Gasteiger partial charge in [0, 0.05) is 19.6 Å². The van der Waals surface area contributed by atoms with Gasteiger partial charge in [-0.25, -0.2) is 12.7 Å². The van der Waals surface area contributed by atoms with Gasteiger partial charge in [0.2, 0.25) is 10.0 Å². The van der Waals surface area contributed by atoms with Crippen LogP contribution in [0, 0.1) is 5.92 Å². The number of hydrogen-bond donors (Lipinski definition) is 1. The zero-order valence-corrected chi connectivity index (χ0v) is 14.3. The van der Waals surface area contributed by atoms with Gasteiger partial charge < -0.3 is 5.32 Å². The Morgan fingerprint density at radius 1 is 1.27 bits per heavy atom. The predicted octanol–water partition coefficient (Wildman–Crippen LogP) is 2.35. The number of sulfonamides is 1. The lowest BCUT2D eigenvalue weighted by Gasteiger charge is -2.30. The SMILES string of the molecule is C/C(=C/c1ccccc1)CNCC1CCN(S(C)(=O)=O)CC1. The quantitative estimate of drug-likeness (QED) is 0.874. The fourth-order valence-electron chi connectivity index (χ4n) is 2.80. The van der Waals surface area contributed by atoms with Gasteiger partial charge in [-0.1, -0.05) is 42.0 Å². The van der Waals surface area contributed by atoms with Crippen molar-refractivity contribution >= 4 is 16.1 Å². The minimum absolute atomic E-state index is 0.572. The van der Waals surface area contributed by atoms with Crippen molar-refractivity contribution in [1.29, 1.82) is 0 Å². The van der Waals surface area contributed by atoms with E-state index in [0.717, 1.165) is 25.9 Å². The topological polar surface area (TPSA) is 49.4 Å². The lowest BCUT2D eigenvalue weighted by atomic mass is 9.98. The molecule has 1 aliphatic rings. The Morgan fingerprint density at radius 3 is 2.50 bits per heavy atom. The first-order valence-corrected chi connectivity index (χ1v) is 9.68. The molecule has 1 saturated heterocycles. The van der Waals surface area contributed by atoms with Crippen molar-refractivity contribution in [2.45, 2.75) is 19.8 Å². The molecule has 122 valence electrons. The number of piperidine rings is 1. The molecule has 0 amide bonds. The summed E-state index contributed by atoms with van der Waals surface area (Å²) < 4.78 is 24.5. The third-order valence-corrected chi connectivity index (χ3v) is 5.40. The van der Waals surface area contributed by atoms with Gasteiger partial charge in [0.15, 0.2) is 0 Å². The van der Waals surface area contributed by atoms with Crippen molar-refractivity contribution < 1.29 is 8.42 Å². The fraction of sp³-hybridized carbons (Fsp3) is 0.529. The highest BCUT2D eigenvalue weighted by molar-refractivity contribution is 7.88. The van der Waals surface area contributed by atoms with Crippen LogP contribution < -0.4 is 5.32 Å². The maximum absolute atomic E-state index is 11.5. The van der Waals surface area contributed by atoms with Crippen molar-refractivity contribution in [2.75, 3.05) is 32.4 Å². The lowest BCUT2D eigenvalue weighted by Crippen LogP contribution is -2.40. The molecule has 0 radical (unpaired) electrons. The van der Waals surface area contributed by atoms with E-state index in [1.54, 1.807) is 4.31 Å². The van der Waals surface area contributed by atoms with E-state index in [-0.39, 0.29) is 0 Å². The molecule has 0 saturated carbocycles. The van der Waals surface area contributed by atoms with E-state index in [9.17, 15) is 8.42 Å². The summed E-state index contributed by atoms with van der Waals surface area (Å²) in [6.45, 7) is 5.28. The highest BCUT2D eigenvalue weighted by Crippen LogP contribution is 2.18. The van der Waals surface area contributed by atoms with Crippen LogP contribution in [0.3, 0.4) is 0 Å². The Balaban J connectivity index is 1.70. The van der Waals surface area contributed by atoms with Crippen LogP contribution in [0.15, 0.2) is 35.9 Å². The lowest BCUT2D eigenvalue weighted by molar-refractivity contribution is 0.270. The number of rotatable bonds is 6. The van der Waals surface area contributed by atoms with E-state index in [4.69, 9.17) is 0 Å². The standard InChI is InChI=1S/C17H26N2O2S/c1-15(12-16-6-4-3-5-7-16)13-18-14-17-8-10-19(11-9-17)22(2,20)21/h3-7,12,17-18H,8-11,13-14H2,1-2H3/b15-12-. The summed E-state index contributed by atoms with van der Waals surface area (Å²) in [5.41, 5.74) is 2.53. The molecule has 0 atom stereocenters. The van der Waals surface area contributed by atoms with E-state index in [2.05, 4.69) is 30.4 Å². The molecule has 0 aromatic heterocycles. The summed E-state index contributed by atoms with van der Waals surface area (Å²) in [5.74, 6) is 0.572. The van der Waals surface area contributed by atoms with Crippen LogP contribution in [-0.2, 0) is 10.0 Å². The molecule has 1 heterocycles. The molecule has 1 aromatic carbocycles. The van der Waals surface area contributed by atoms with Crippen LogP contribution in [0.2, 0.25) is 0 Å². The molecular formula is C17H26N2O2S. The van der Waals surface area contributed by atoms with Gasteiger partial charge in [-0.2, -0.15) is 0 Å². The van der Waals surface area contributed by atoms with Gasteiger partial charge in [-0.3, -0.25) is 0 Å². The molecule has 0 bridgehead atoms. The van der Waals surface area contributed by atoms with Crippen molar-refractivity contribution in [3.8, 4) is 0 Å². The molecule has 0 spiro atoms. The van der Waals surface area contributed by atoms with Crippen molar-refractivity contribution in [3.05, 3.63) is 41.5 Å². The normalized spacial score (nSPS) is 18.5. The molecule has 4 nitrogen and oxygen atoms in total. The smallest absolute Gasteiger partial charge is 0.211 e. The average molecular weight is 322 g/mol. The second-order valence-electron chi connectivity index (χ2n) is 6.14. The zero-order chi connectivity index (χ0) is 16.0. The molecule has 1 fully saturated rings. The van der Waals surface area contributed by atoms with Crippen LogP contribution in [0.4, 0.5) is 0 Å². The van der Waals surface area contributed by atoms with E-state index in [0.29, 0.717) is 19.0 Å². The largest absolute Gasteiger partial charge is 0.313 e. The molecule has 1 aromatic rings. The summed E-state index contributed by atoms with van der Waals surface area (Å²) in [6.07, 6.45) is 5.38. The van der Waals surface area contributed by atoms with Crippen LogP contribution in [-0.4, -0.2) is 45.2 Å². The number of benzene rings is 1. The van der Waals surface area contributed by atoms with E-state index >= 15 is 0 Å². The minimum Gasteiger partial charge on any atom is -0.313 e. The van der Waals surface area contributed by atoms with Gasteiger partial charge in [0.05, 0.1) is 6.26 Å². The predicted molar refractivity (Wildman–Crippen MR) is 92.1 cm³/mol. The zero-order valence-electron chi connectivity index (χ0n) is 13.5. The van der Waals surface area contributed by atoms with Gasteiger partial charge in [0.25, 0.3) is 0 Å². The van der Waals surface area contributed by atoms with Gasteiger partial charge in [-0.05, 0) is 37.8 Å². The monoisotopic (exact) mass is 322 g/mol. The summed E-state index contributed by atoms with van der Waals surface area (Å²) in [5, 5.41) is 3.49. The maximum Gasteiger partial charge on any atom is 0.211 e. The molecule has 5 heteroatoms. The average Bonchev–Trinajstić information content (AvgIpc) is 2.48. The number of nitrogens with zero attached hydrogens (tertiary/aromatic N) is 1. The molecular weight excluding hydrogens is 296 g/mol. The number of hydrogen-bond acceptors (Lipinski definition) is 3. The first kappa shape index (κ1) is 17.2. The van der Waals surface area contributed by atoms with Crippen molar-refractivity contribution in [2.24, 2.45) is 5.92 Å². The van der Waals surface area contributed by atoms with Crippen LogP contribution in [0.1, 0.15) is 25.3 Å². The minimum atomic E-state index is -3.01. The Bertz CT molecular complexity index is 588. The first-order valence-electron chi connectivity index (χ1n) is 7.83. The third kappa shape index (κ3) is 5.55. The Hall–Kier alpha value is -1.17. The Morgan fingerprint density at radius 2 is 1.91 bits per heavy atom. The maximum atomic E-state index is 11.5. The molecule has 2 rings (SSSR count). The van der Waals surface area contributed by atoms with Crippen LogP contribution in [0.5, 0.6) is 0 Å². The summed E-state index contributed by atoms with van der Waals surface area (Å²) in [7, 11) is -3.01. The third-order valence-electron chi connectivity index (χ3n) is 4.09. The van der Waals surface area contributed by atoms with Crippen molar-refractivity contribution in [1.82, 2.24) is 9.62 Å². The second-order valence-corrected chi connectivity index (χ2v) is 8.12. The van der Waals surface area contributed by atoms with Crippen molar-refractivity contribution in [3.63, 3.8) is 0 Å². The molecule has 22 heavy (non-hydrogen) atoms. The van der Waals surface area contributed by atoms with Gasteiger partial charge in [0.1, 0.15) is 0 Å². The van der Waals surface area contributed by atoms with Gasteiger partial charge >= 0.3 is 0 Å². The molecule has 0 unspecified atom stereocenters. The Labute approximate surface area is 134 Å². The van der Waals surface area contributed by atoms with E-state index < -0.39 is 10.0 Å². The molecule has 1 aliphatic heterocycles. The summed E-state index contributed by atoms with van der Waals surface area (Å²) in [4.78, 5) is 0. The molecule has 0 aliphatic carbocycles. The Kier molecular flexibility index (Phi) is 6.17. The fourth-order valence-corrected chi connectivity index (χ4v) is 3.68. The van der Waals surface area contributed by atoms with E-state index in [1.807, 2.05) is 18.2 Å². The highest BCUT2D eigenvalue weighted by Gasteiger charge is 2.24. The van der Waals surface area contributed by atoms with Crippen LogP contribution in [0.25, 0.3) is 6.08 Å².